The molecule has 252 valence electrons. The number of ether oxygens (including phenoxy) is 1. The maximum atomic E-state index is 13.7. The van der Waals surface area contributed by atoms with Crippen LogP contribution in [0.3, 0.4) is 0 Å². The number of esters is 1. The van der Waals surface area contributed by atoms with Crippen molar-refractivity contribution in [3.05, 3.63) is 12.2 Å². The zero-order chi connectivity index (χ0) is 33.6. The average Bonchev–Trinajstić information content (AvgIpc) is 2.96. The first-order valence-electron chi connectivity index (χ1n) is 14.5. The van der Waals surface area contributed by atoms with Crippen molar-refractivity contribution in [3.8, 4) is 0 Å². The Morgan fingerprint density at radius 3 is 1.98 bits per heavy atom. The number of carbonyl (C=O) groups excluding carboxylic acids is 5. The highest BCUT2D eigenvalue weighted by atomic mass is 32.2. The number of aliphatic hydroxyl groups excluding tert-OH is 2. The second-order valence-corrected chi connectivity index (χ2v) is 13.8. The lowest BCUT2D eigenvalue weighted by Crippen LogP contribution is -2.61. The Morgan fingerprint density at radius 2 is 1.43 bits per heavy atom. The van der Waals surface area contributed by atoms with E-state index in [0.29, 0.717) is 12.2 Å². The number of hydrogen-bond donors (Lipinski definition) is 9. The molecule has 44 heavy (non-hydrogen) atoms. The van der Waals surface area contributed by atoms with Crippen LogP contribution in [0.15, 0.2) is 12.2 Å². The van der Waals surface area contributed by atoms with Crippen LogP contribution in [0.2, 0.25) is 0 Å². The van der Waals surface area contributed by atoms with Crippen LogP contribution in [0, 0.1) is 11.8 Å². The zero-order valence-corrected chi connectivity index (χ0v) is 29.3. The van der Waals surface area contributed by atoms with Crippen molar-refractivity contribution in [3.63, 3.8) is 0 Å². The number of cyclic esters (lactones) is 1. The average molecular weight is 697 g/mol. The molecule has 0 aliphatic carbocycles. The fraction of sp³-hybridized carbons (Fsp3) is 0.750. The van der Waals surface area contributed by atoms with Crippen LogP contribution >= 0.6 is 49.6 Å². The molecule has 0 radical (unpaired) electrons. The van der Waals surface area contributed by atoms with E-state index in [0.717, 1.165) is 11.8 Å². The van der Waals surface area contributed by atoms with Gasteiger partial charge in [-0.05, 0) is 30.1 Å². The predicted molar refractivity (Wildman–Crippen MR) is 181 cm³/mol. The quantitative estimate of drug-likeness (QED) is 0.0779. The second kappa shape index (κ2) is 20.5. The maximum Gasteiger partial charge on any atom is 0.329 e. The summed E-state index contributed by atoms with van der Waals surface area (Å²) in [5.41, 5.74) is 0. The van der Waals surface area contributed by atoms with Gasteiger partial charge in [-0.25, -0.2) is 4.79 Å². The second-order valence-electron chi connectivity index (χ2n) is 11.2. The summed E-state index contributed by atoms with van der Waals surface area (Å²) in [5, 5.41) is 30.1. The van der Waals surface area contributed by atoms with E-state index in [4.69, 9.17) is 4.74 Å². The predicted octanol–water partition coefficient (Wildman–Crippen LogP) is 0.132. The molecule has 1 saturated heterocycles. The molecule has 8 atom stereocenters. The minimum Gasteiger partial charge on any atom is -0.456 e. The van der Waals surface area contributed by atoms with E-state index < -0.39 is 83.2 Å². The number of hydrogen-bond acceptors (Lipinski definition) is 12. The molecule has 1 rings (SSSR count). The minimum absolute atomic E-state index is 0.0287. The topological polar surface area (TPSA) is 183 Å². The van der Waals surface area contributed by atoms with Crippen LogP contribution in [-0.4, -0.2) is 111 Å². The lowest BCUT2D eigenvalue weighted by molar-refractivity contribution is -0.153. The molecule has 1 heterocycles. The molecule has 1 aliphatic heterocycles. The highest BCUT2D eigenvalue weighted by molar-refractivity contribution is 8.00. The van der Waals surface area contributed by atoms with Crippen molar-refractivity contribution in [2.45, 2.75) is 95.2 Å². The number of allylic oxidation sites excluding steroid dienone is 1. The number of rotatable bonds is 12. The van der Waals surface area contributed by atoms with Gasteiger partial charge in [0, 0.05) is 22.5 Å². The number of nitrogens with one attached hydrogen (secondary N) is 4. The van der Waals surface area contributed by atoms with Crippen LogP contribution in [0.5, 0.6) is 0 Å². The molecule has 5 unspecified atom stereocenters. The highest BCUT2D eigenvalue weighted by Gasteiger charge is 2.37. The first-order valence-corrected chi connectivity index (χ1v) is 17.5. The molecular formula is C28H48N4O8S4. The fourth-order valence-electron chi connectivity index (χ4n) is 4.07. The molecule has 0 aromatic heterocycles. The third kappa shape index (κ3) is 13.4. The van der Waals surface area contributed by atoms with E-state index >= 15 is 0 Å². The number of thiol groups is 3. The summed E-state index contributed by atoms with van der Waals surface area (Å²) in [4.78, 5) is 66.7. The van der Waals surface area contributed by atoms with E-state index in [1.807, 2.05) is 0 Å². The minimum atomic E-state index is -1.22. The van der Waals surface area contributed by atoms with Crippen molar-refractivity contribution in [1.82, 2.24) is 21.3 Å². The van der Waals surface area contributed by atoms with Gasteiger partial charge >= 0.3 is 5.97 Å². The normalized spacial score (nSPS) is 26.9. The first kappa shape index (κ1) is 40.4. The van der Waals surface area contributed by atoms with Crippen molar-refractivity contribution in [1.29, 1.82) is 0 Å². The molecule has 0 bridgehead atoms. The molecule has 0 saturated carbocycles. The molecule has 6 N–H and O–H groups in total. The molecule has 12 nitrogen and oxygen atoms in total. The van der Waals surface area contributed by atoms with Crippen molar-refractivity contribution >= 4 is 79.2 Å². The van der Waals surface area contributed by atoms with Crippen molar-refractivity contribution in [2.75, 3.05) is 23.0 Å². The van der Waals surface area contributed by atoms with Crippen LogP contribution in [0.25, 0.3) is 0 Å². The van der Waals surface area contributed by atoms with E-state index in [1.165, 1.54) is 0 Å². The fourth-order valence-corrected chi connectivity index (χ4v) is 5.83. The van der Waals surface area contributed by atoms with Crippen molar-refractivity contribution < 1.29 is 38.9 Å². The Hall–Kier alpha value is -1.59. The summed E-state index contributed by atoms with van der Waals surface area (Å²) in [6.07, 6.45) is 0.366. The van der Waals surface area contributed by atoms with Gasteiger partial charge in [-0.15, -0.1) is 0 Å². The summed E-state index contributed by atoms with van der Waals surface area (Å²) in [6, 6.07) is -4.53. The highest BCUT2D eigenvalue weighted by Crippen LogP contribution is 2.19. The largest absolute Gasteiger partial charge is 0.456 e. The van der Waals surface area contributed by atoms with Crippen molar-refractivity contribution in [2.24, 2.45) is 11.8 Å². The van der Waals surface area contributed by atoms with Gasteiger partial charge in [0.15, 0.2) is 0 Å². The van der Waals surface area contributed by atoms with Gasteiger partial charge in [0.05, 0.1) is 18.6 Å². The van der Waals surface area contributed by atoms with Crippen LogP contribution in [0.4, 0.5) is 0 Å². The van der Waals surface area contributed by atoms with Crippen LogP contribution in [-0.2, 0) is 28.7 Å². The van der Waals surface area contributed by atoms with Gasteiger partial charge in [-0.1, -0.05) is 40.7 Å². The van der Waals surface area contributed by atoms with Gasteiger partial charge in [0.25, 0.3) is 0 Å². The molecule has 1 fully saturated rings. The smallest absolute Gasteiger partial charge is 0.329 e. The summed E-state index contributed by atoms with van der Waals surface area (Å²) in [5.74, 6) is -3.68. The Bertz CT molecular complexity index is 1000. The lowest BCUT2D eigenvalue weighted by atomic mass is 10.0. The molecule has 1 aliphatic rings. The molecule has 4 amide bonds. The summed E-state index contributed by atoms with van der Waals surface area (Å²) >= 11 is 13.5. The summed E-state index contributed by atoms with van der Waals surface area (Å²) in [6.45, 7) is 8.53. The summed E-state index contributed by atoms with van der Waals surface area (Å²) in [7, 11) is 0. The maximum absolute atomic E-state index is 13.7. The Morgan fingerprint density at radius 1 is 0.841 bits per heavy atom. The molecule has 0 aromatic rings. The first-order chi connectivity index (χ1) is 20.7. The van der Waals surface area contributed by atoms with E-state index in [9.17, 15) is 34.2 Å². The van der Waals surface area contributed by atoms with Crippen LogP contribution in [0.1, 0.15) is 47.5 Å². The molecule has 16 heteroatoms. The van der Waals surface area contributed by atoms with E-state index in [-0.39, 0.29) is 29.6 Å². The third-order valence-corrected chi connectivity index (χ3v) is 9.14. The van der Waals surface area contributed by atoms with Gasteiger partial charge in [-0.3, -0.25) is 19.2 Å². The van der Waals surface area contributed by atoms with Crippen LogP contribution < -0.4 is 21.3 Å². The third-order valence-electron chi connectivity index (χ3n) is 6.81. The zero-order valence-electron chi connectivity index (χ0n) is 25.8. The van der Waals surface area contributed by atoms with Gasteiger partial charge in [-0.2, -0.15) is 49.6 Å². The van der Waals surface area contributed by atoms with Gasteiger partial charge < -0.3 is 36.2 Å². The lowest BCUT2D eigenvalue weighted by Gasteiger charge is -2.31. The number of amides is 4. The van der Waals surface area contributed by atoms with E-state index in [1.54, 1.807) is 46.8 Å². The monoisotopic (exact) mass is 696 g/mol. The number of aliphatic hydroxyl groups is 2. The standard InChI is InChI=1S/C28H48N4O8S4/c1-14(2)22-26(37)29-18(11-42)25(36)32-24(16(5)44-13-20(34)19(33)12-43)27(38)31-23(15(3)4)28(39)40-17(8-6-7-9-41)10-21(35)30-22/h6,8,14-20,22-24,33-34,41-43H,7,9-13H2,1-5H3,(H,29,37)(H,30,35)(H,31,38)(H,32,36)/b8-6+/t16?,17-,18-,19?,20?,22?,23+,24?/m1/s1. The number of carbonyl (C=O) groups is 5. The molecule has 0 aromatic carbocycles. The Balaban J connectivity index is 3.53. The van der Waals surface area contributed by atoms with Gasteiger partial charge in [0.2, 0.25) is 23.6 Å². The Kier molecular flexibility index (Phi) is 18.9. The number of thioether (sulfide) groups is 1. The van der Waals surface area contributed by atoms with E-state index in [2.05, 4.69) is 59.2 Å². The Labute approximate surface area is 280 Å². The summed E-state index contributed by atoms with van der Waals surface area (Å²) < 4.78 is 5.68. The SMILES string of the molecule is CC(C)C1NC(=O)C[C@@H](/C=C/CCS)OC(=O)[C@H](C(C)C)NC(=O)C(C(C)SCC(O)C(O)CS)NC(=O)[C@@H](CS)NC1=O. The van der Waals surface area contributed by atoms with Gasteiger partial charge in [0.1, 0.15) is 30.3 Å². The molecular weight excluding hydrogens is 649 g/mol. The molecule has 0 spiro atoms.